The van der Waals surface area contributed by atoms with E-state index in [2.05, 4.69) is 5.32 Å². The van der Waals surface area contributed by atoms with Crippen molar-refractivity contribution >= 4 is 11.6 Å². The third-order valence-corrected chi connectivity index (χ3v) is 4.38. The second-order valence-electron chi connectivity index (χ2n) is 6.33. The molecule has 0 radical (unpaired) electrons. The number of anilines is 1. The Bertz CT molecular complexity index is 933. The first-order valence-electron chi connectivity index (χ1n) is 8.77. The van der Waals surface area contributed by atoms with E-state index in [0.29, 0.717) is 17.9 Å². The Morgan fingerprint density at radius 1 is 0.889 bits per heavy atom. The Kier molecular flexibility index (Phi) is 5.77. The topological polar surface area (TPSA) is 47.6 Å². The molecule has 1 amide bonds. The summed E-state index contributed by atoms with van der Waals surface area (Å²) in [5.41, 5.74) is 4.80. The van der Waals surface area contributed by atoms with Crippen LogP contribution in [0, 0.1) is 6.92 Å². The smallest absolute Gasteiger partial charge is 0.228 e. The summed E-state index contributed by atoms with van der Waals surface area (Å²) in [7, 11) is 3.22. The lowest BCUT2D eigenvalue weighted by atomic mass is 10.0. The SMILES string of the molecule is COc1ccc(-c2ccccc2NC(=O)Cc2ccc(C)cc2)cc1OC. The Morgan fingerprint density at radius 2 is 1.59 bits per heavy atom. The van der Waals surface area contributed by atoms with Gasteiger partial charge < -0.3 is 14.8 Å². The van der Waals surface area contributed by atoms with Crippen LogP contribution in [0.1, 0.15) is 11.1 Å². The molecule has 0 aliphatic rings. The van der Waals surface area contributed by atoms with Crippen molar-refractivity contribution in [1.29, 1.82) is 0 Å². The highest BCUT2D eigenvalue weighted by atomic mass is 16.5. The highest BCUT2D eigenvalue weighted by Gasteiger charge is 2.12. The molecule has 3 aromatic carbocycles. The van der Waals surface area contributed by atoms with E-state index >= 15 is 0 Å². The van der Waals surface area contributed by atoms with Crippen molar-refractivity contribution in [2.24, 2.45) is 0 Å². The van der Waals surface area contributed by atoms with Crippen LogP contribution in [0.25, 0.3) is 11.1 Å². The van der Waals surface area contributed by atoms with E-state index in [1.165, 1.54) is 5.56 Å². The zero-order valence-electron chi connectivity index (χ0n) is 15.8. The number of ether oxygens (including phenoxy) is 2. The van der Waals surface area contributed by atoms with Gasteiger partial charge in [0.05, 0.1) is 20.6 Å². The van der Waals surface area contributed by atoms with E-state index in [4.69, 9.17) is 9.47 Å². The van der Waals surface area contributed by atoms with Gasteiger partial charge in [-0.05, 0) is 36.2 Å². The molecule has 0 unspecified atom stereocenters. The first-order valence-corrected chi connectivity index (χ1v) is 8.77. The zero-order chi connectivity index (χ0) is 19.2. The summed E-state index contributed by atoms with van der Waals surface area (Å²) in [5, 5.41) is 3.03. The lowest BCUT2D eigenvalue weighted by Gasteiger charge is -2.14. The molecule has 27 heavy (non-hydrogen) atoms. The maximum Gasteiger partial charge on any atom is 0.228 e. The average Bonchev–Trinajstić information content (AvgIpc) is 2.69. The van der Waals surface area contributed by atoms with Gasteiger partial charge >= 0.3 is 0 Å². The van der Waals surface area contributed by atoms with Gasteiger partial charge in [0.1, 0.15) is 0 Å². The van der Waals surface area contributed by atoms with E-state index in [1.54, 1.807) is 14.2 Å². The predicted octanol–water partition coefficient (Wildman–Crippen LogP) is 4.86. The normalized spacial score (nSPS) is 10.3. The van der Waals surface area contributed by atoms with Crippen molar-refractivity contribution in [3.05, 3.63) is 77.9 Å². The second-order valence-corrected chi connectivity index (χ2v) is 6.33. The van der Waals surface area contributed by atoms with Gasteiger partial charge in [0, 0.05) is 11.3 Å². The zero-order valence-corrected chi connectivity index (χ0v) is 15.8. The summed E-state index contributed by atoms with van der Waals surface area (Å²) in [6.45, 7) is 2.03. The number of benzene rings is 3. The van der Waals surface area contributed by atoms with Gasteiger partial charge in [-0.25, -0.2) is 0 Å². The summed E-state index contributed by atoms with van der Waals surface area (Å²) in [4.78, 5) is 12.5. The van der Waals surface area contributed by atoms with Crippen LogP contribution in [0.4, 0.5) is 5.69 Å². The van der Waals surface area contributed by atoms with Crippen LogP contribution in [0.5, 0.6) is 11.5 Å². The standard InChI is InChI=1S/C23H23NO3/c1-16-8-10-17(11-9-16)14-23(25)24-20-7-5-4-6-19(20)18-12-13-21(26-2)22(15-18)27-3/h4-13,15H,14H2,1-3H3,(H,24,25). The molecule has 138 valence electrons. The first-order chi connectivity index (χ1) is 13.1. The van der Waals surface area contributed by atoms with Crippen molar-refractivity contribution in [2.45, 2.75) is 13.3 Å². The first kappa shape index (κ1) is 18.5. The largest absolute Gasteiger partial charge is 0.493 e. The minimum absolute atomic E-state index is 0.0493. The number of aryl methyl sites for hydroxylation is 1. The fraction of sp³-hybridized carbons (Fsp3) is 0.174. The van der Waals surface area contributed by atoms with Crippen molar-refractivity contribution in [1.82, 2.24) is 0 Å². The van der Waals surface area contributed by atoms with E-state index in [1.807, 2.05) is 73.7 Å². The molecule has 3 aromatic rings. The number of rotatable bonds is 6. The summed E-state index contributed by atoms with van der Waals surface area (Å²) in [6, 6.07) is 21.4. The van der Waals surface area contributed by atoms with Gasteiger partial charge in [0.25, 0.3) is 0 Å². The minimum atomic E-state index is -0.0493. The van der Waals surface area contributed by atoms with Crippen LogP contribution in [0.15, 0.2) is 66.7 Å². The molecule has 0 fully saturated rings. The molecule has 4 nitrogen and oxygen atoms in total. The van der Waals surface area contributed by atoms with Crippen LogP contribution in [-0.4, -0.2) is 20.1 Å². The number of carbonyl (C=O) groups excluding carboxylic acids is 1. The number of nitrogens with one attached hydrogen (secondary N) is 1. The Morgan fingerprint density at radius 3 is 2.30 bits per heavy atom. The number of methoxy groups -OCH3 is 2. The van der Waals surface area contributed by atoms with E-state index < -0.39 is 0 Å². The fourth-order valence-electron chi connectivity index (χ4n) is 2.93. The minimum Gasteiger partial charge on any atom is -0.493 e. The Labute approximate surface area is 159 Å². The maximum absolute atomic E-state index is 12.5. The van der Waals surface area contributed by atoms with Gasteiger partial charge in [0.15, 0.2) is 11.5 Å². The summed E-state index contributed by atoms with van der Waals surface area (Å²) >= 11 is 0. The molecule has 3 rings (SSSR count). The molecule has 0 saturated carbocycles. The summed E-state index contributed by atoms with van der Waals surface area (Å²) in [6.07, 6.45) is 0.334. The van der Waals surface area contributed by atoms with E-state index in [0.717, 1.165) is 22.4 Å². The van der Waals surface area contributed by atoms with Crippen molar-refractivity contribution < 1.29 is 14.3 Å². The molecule has 0 spiro atoms. The molecule has 0 saturated heterocycles. The number of para-hydroxylation sites is 1. The lowest BCUT2D eigenvalue weighted by Crippen LogP contribution is -2.15. The molecular formula is C23H23NO3. The average molecular weight is 361 g/mol. The van der Waals surface area contributed by atoms with E-state index in [-0.39, 0.29) is 5.91 Å². The van der Waals surface area contributed by atoms with Gasteiger partial charge in [0.2, 0.25) is 5.91 Å². The van der Waals surface area contributed by atoms with Crippen LogP contribution in [0.2, 0.25) is 0 Å². The second kappa shape index (κ2) is 8.41. The molecule has 0 heterocycles. The third kappa shape index (κ3) is 4.47. The number of hydrogen-bond donors (Lipinski definition) is 1. The lowest BCUT2D eigenvalue weighted by molar-refractivity contribution is -0.115. The van der Waals surface area contributed by atoms with Crippen LogP contribution in [-0.2, 0) is 11.2 Å². The molecule has 0 bridgehead atoms. The van der Waals surface area contributed by atoms with Crippen LogP contribution in [0.3, 0.4) is 0 Å². The third-order valence-electron chi connectivity index (χ3n) is 4.38. The van der Waals surface area contributed by atoms with Crippen LogP contribution < -0.4 is 14.8 Å². The molecule has 1 N–H and O–H groups in total. The molecule has 0 aromatic heterocycles. The summed E-state index contributed by atoms with van der Waals surface area (Å²) < 4.78 is 10.7. The van der Waals surface area contributed by atoms with Crippen LogP contribution >= 0.6 is 0 Å². The monoisotopic (exact) mass is 361 g/mol. The number of carbonyl (C=O) groups is 1. The molecule has 4 heteroatoms. The van der Waals surface area contributed by atoms with Crippen molar-refractivity contribution in [3.8, 4) is 22.6 Å². The summed E-state index contributed by atoms with van der Waals surface area (Å²) in [5.74, 6) is 1.27. The number of amides is 1. The Balaban J connectivity index is 1.83. The fourth-order valence-corrected chi connectivity index (χ4v) is 2.93. The molecule has 0 aliphatic heterocycles. The van der Waals surface area contributed by atoms with Gasteiger partial charge in [-0.15, -0.1) is 0 Å². The van der Waals surface area contributed by atoms with Crippen molar-refractivity contribution in [3.63, 3.8) is 0 Å². The maximum atomic E-state index is 12.5. The highest BCUT2D eigenvalue weighted by molar-refractivity contribution is 5.96. The molecular weight excluding hydrogens is 338 g/mol. The number of hydrogen-bond acceptors (Lipinski definition) is 3. The predicted molar refractivity (Wildman–Crippen MR) is 108 cm³/mol. The molecule has 0 atom stereocenters. The van der Waals surface area contributed by atoms with Gasteiger partial charge in [-0.1, -0.05) is 54.1 Å². The quantitative estimate of drug-likeness (QED) is 0.682. The van der Waals surface area contributed by atoms with E-state index in [9.17, 15) is 4.79 Å². The Hall–Kier alpha value is -3.27. The van der Waals surface area contributed by atoms with Crippen molar-refractivity contribution in [2.75, 3.05) is 19.5 Å². The van der Waals surface area contributed by atoms with Gasteiger partial charge in [-0.3, -0.25) is 4.79 Å². The van der Waals surface area contributed by atoms with Gasteiger partial charge in [-0.2, -0.15) is 0 Å². The highest BCUT2D eigenvalue weighted by Crippen LogP contribution is 2.35. The molecule has 0 aliphatic carbocycles.